The first-order valence-electron chi connectivity index (χ1n) is 6.65. The quantitative estimate of drug-likeness (QED) is 0.920. The van der Waals surface area contributed by atoms with Crippen molar-refractivity contribution in [1.82, 2.24) is 9.88 Å². The Kier molecular flexibility index (Phi) is 6.88. The highest BCUT2D eigenvalue weighted by Gasteiger charge is 2.29. The third-order valence-electron chi connectivity index (χ3n) is 3.18. The van der Waals surface area contributed by atoms with E-state index in [0.29, 0.717) is 37.9 Å². The summed E-state index contributed by atoms with van der Waals surface area (Å²) in [5.41, 5.74) is 6.05. The number of amides is 1. The minimum Gasteiger partial charge on any atom is -0.377 e. The van der Waals surface area contributed by atoms with Gasteiger partial charge in [0.05, 0.1) is 19.3 Å². The molecule has 1 amide bonds. The first-order chi connectivity index (χ1) is 9.11. The second kappa shape index (κ2) is 7.93. The number of halogens is 1. The number of carbonyl (C=O) groups excluding carboxylic acids is 1. The zero-order valence-corrected chi connectivity index (χ0v) is 13.5. The molecule has 0 aliphatic carbocycles. The second-order valence-corrected chi connectivity index (χ2v) is 6.13. The molecule has 5 nitrogen and oxygen atoms in total. The Hall–Kier alpha value is -0.690. The molecular weight excluding hydrogens is 298 g/mol. The van der Waals surface area contributed by atoms with Gasteiger partial charge in [0.1, 0.15) is 10.7 Å². The lowest BCUT2D eigenvalue weighted by Crippen LogP contribution is -2.49. The number of carbonyl (C=O) groups is 1. The number of rotatable bonds is 4. The lowest BCUT2D eigenvalue weighted by molar-refractivity contribution is -0.00772. The lowest BCUT2D eigenvalue weighted by atomic mass is 10.0. The molecule has 1 aliphatic rings. The van der Waals surface area contributed by atoms with Crippen molar-refractivity contribution in [3.8, 4) is 0 Å². The summed E-state index contributed by atoms with van der Waals surface area (Å²) in [6, 6.07) is 0.157. The summed E-state index contributed by atoms with van der Waals surface area (Å²) >= 11 is 1.44. The summed E-state index contributed by atoms with van der Waals surface area (Å²) < 4.78 is 5.49. The van der Waals surface area contributed by atoms with Gasteiger partial charge in [0, 0.05) is 18.5 Å². The molecule has 0 bridgehead atoms. The first kappa shape index (κ1) is 17.4. The summed E-state index contributed by atoms with van der Waals surface area (Å²) in [5, 5.41) is 2.60. The Morgan fingerprint density at radius 1 is 1.65 bits per heavy atom. The maximum atomic E-state index is 12.5. The van der Waals surface area contributed by atoms with Gasteiger partial charge in [-0.2, -0.15) is 0 Å². The van der Waals surface area contributed by atoms with Crippen molar-refractivity contribution in [3.05, 3.63) is 16.1 Å². The van der Waals surface area contributed by atoms with Crippen LogP contribution in [0.3, 0.4) is 0 Å². The predicted molar refractivity (Wildman–Crippen MR) is 82.4 cm³/mol. The Bertz CT molecular complexity index is 439. The molecular formula is C13H22ClN3O2S. The summed E-state index contributed by atoms with van der Waals surface area (Å²) in [7, 11) is 0. The molecule has 1 atom stereocenters. The molecule has 1 aromatic heterocycles. The smallest absolute Gasteiger partial charge is 0.273 e. The summed E-state index contributed by atoms with van der Waals surface area (Å²) in [6.07, 6.45) is 0.958. The van der Waals surface area contributed by atoms with Crippen molar-refractivity contribution in [1.29, 1.82) is 0 Å². The molecule has 1 aliphatic heterocycles. The molecule has 1 aromatic rings. The van der Waals surface area contributed by atoms with Crippen LogP contribution in [0.25, 0.3) is 0 Å². The Morgan fingerprint density at radius 2 is 2.40 bits per heavy atom. The minimum atomic E-state index is 0. The van der Waals surface area contributed by atoms with Crippen LogP contribution in [-0.2, 0) is 11.3 Å². The van der Waals surface area contributed by atoms with Gasteiger partial charge < -0.3 is 15.4 Å². The monoisotopic (exact) mass is 319 g/mol. The number of hydrogen-bond acceptors (Lipinski definition) is 5. The molecule has 7 heteroatoms. The highest BCUT2D eigenvalue weighted by Crippen LogP contribution is 2.19. The third-order valence-corrected chi connectivity index (χ3v) is 4.05. The topological polar surface area (TPSA) is 68.5 Å². The van der Waals surface area contributed by atoms with Crippen LogP contribution in [0.4, 0.5) is 0 Å². The molecule has 2 N–H and O–H groups in total. The van der Waals surface area contributed by atoms with Gasteiger partial charge in [-0.1, -0.05) is 13.8 Å². The van der Waals surface area contributed by atoms with Crippen LogP contribution in [-0.4, -0.2) is 41.6 Å². The van der Waals surface area contributed by atoms with Gasteiger partial charge in [-0.25, -0.2) is 4.98 Å². The van der Waals surface area contributed by atoms with E-state index >= 15 is 0 Å². The maximum absolute atomic E-state index is 12.5. The standard InChI is InChI=1S/C13H21N3O2S.ClH/c1-9(2)5-10-7-18-4-3-16(10)13(17)11-8-19-12(6-14)15-11;/h8-10H,3-7,14H2,1-2H3;1H. The van der Waals surface area contributed by atoms with Gasteiger partial charge in [0.25, 0.3) is 5.91 Å². The van der Waals surface area contributed by atoms with E-state index in [0.717, 1.165) is 11.4 Å². The molecule has 0 saturated carbocycles. The highest BCUT2D eigenvalue weighted by molar-refractivity contribution is 7.09. The summed E-state index contributed by atoms with van der Waals surface area (Å²) in [4.78, 5) is 18.7. The Balaban J connectivity index is 0.00000200. The number of nitrogens with two attached hydrogens (primary N) is 1. The molecule has 0 radical (unpaired) electrons. The SMILES string of the molecule is CC(C)CC1COCCN1C(=O)c1csc(CN)n1.Cl. The zero-order chi connectivity index (χ0) is 13.8. The average molecular weight is 320 g/mol. The van der Waals surface area contributed by atoms with E-state index in [2.05, 4.69) is 18.8 Å². The minimum absolute atomic E-state index is 0. The van der Waals surface area contributed by atoms with E-state index in [9.17, 15) is 4.79 Å². The Morgan fingerprint density at radius 3 is 3.00 bits per heavy atom. The summed E-state index contributed by atoms with van der Waals surface area (Å²) in [6.45, 7) is 6.58. The van der Waals surface area contributed by atoms with Gasteiger partial charge >= 0.3 is 0 Å². The molecule has 1 unspecified atom stereocenters. The predicted octanol–water partition coefficient (Wildman–Crippen LogP) is 1.91. The largest absolute Gasteiger partial charge is 0.377 e. The van der Waals surface area contributed by atoms with Crippen LogP contribution >= 0.6 is 23.7 Å². The lowest BCUT2D eigenvalue weighted by Gasteiger charge is -2.36. The van der Waals surface area contributed by atoms with E-state index in [4.69, 9.17) is 10.5 Å². The fourth-order valence-corrected chi connectivity index (χ4v) is 2.96. The Labute approximate surface area is 129 Å². The van der Waals surface area contributed by atoms with E-state index in [1.54, 1.807) is 5.38 Å². The van der Waals surface area contributed by atoms with E-state index in [-0.39, 0.29) is 24.4 Å². The molecule has 114 valence electrons. The highest BCUT2D eigenvalue weighted by atomic mass is 35.5. The van der Waals surface area contributed by atoms with E-state index < -0.39 is 0 Å². The number of thiazole rings is 1. The van der Waals surface area contributed by atoms with E-state index in [1.165, 1.54) is 11.3 Å². The molecule has 1 saturated heterocycles. The molecule has 2 heterocycles. The summed E-state index contributed by atoms with van der Waals surface area (Å²) in [5.74, 6) is 0.543. The van der Waals surface area contributed by atoms with Gasteiger partial charge in [-0.3, -0.25) is 4.79 Å². The fourth-order valence-electron chi connectivity index (χ4n) is 2.31. The van der Waals surface area contributed by atoms with Crippen molar-refractivity contribution in [3.63, 3.8) is 0 Å². The number of nitrogens with zero attached hydrogens (tertiary/aromatic N) is 2. The number of hydrogen-bond donors (Lipinski definition) is 1. The van der Waals surface area contributed by atoms with E-state index in [1.807, 2.05) is 4.90 Å². The van der Waals surface area contributed by atoms with Crippen molar-refractivity contribution >= 4 is 29.7 Å². The van der Waals surface area contributed by atoms with Crippen LogP contribution in [0.15, 0.2) is 5.38 Å². The second-order valence-electron chi connectivity index (χ2n) is 5.19. The van der Waals surface area contributed by atoms with Crippen molar-refractivity contribution in [2.45, 2.75) is 32.9 Å². The van der Waals surface area contributed by atoms with Gasteiger partial charge in [-0.15, -0.1) is 23.7 Å². The molecule has 0 spiro atoms. The van der Waals surface area contributed by atoms with Crippen LogP contribution in [0, 0.1) is 5.92 Å². The molecule has 1 fully saturated rings. The molecule has 2 rings (SSSR count). The van der Waals surface area contributed by atoms with Crippen LogP contribution < -0.4 is 5.73 Å². The number of aromatic nitrogens is 1. The van der Waals surface area contributed by atoms with Crippen LogP contribution in [0.1, 0.15) is 35.8 Å². The van der Waals surface area contributed by atoms with Gasteiger partial charge in [0.2, 0.25) is 0 Å². The zero-order valence-electron chi connectivity index (χ0n) is 11.9. The fraction of sp³-hybridized carbons (Fsp3) is 0.692. The van der Waals surface area contributed by atoms with Crippen LogP contribution in [0.2, 0.25) is 0 Å². The first-order valence-corrected chi connectivity index (χ1v) is 7.53. The number of ether oxygens (including phenoxy) is 1. The molecule has 0 aromatic carbocycles. The van der Waals surface area contributed by atoms with Gasteiger partial charge in [-0.05, 0) is 12.3 Å². The normalized spacial score (nSPS) is 19.0. The maximum Gasteiger partial charge on any atom is 0.273 e. The van der Waals surface area contributed by atoms with Crippen molar-refractivity contribution < 1.29 is 9.53 Å². The van der Waals surface area contributed by atoms with Gasteiger partial charge in [0.15, 0.2) is 0 Å². The van der Waals surface area contributed by atoms with Crippen molar-refractivity contribution in [2.24, 2.45) is 11.7 Å². The van der Waals surface area contributed by atoms with Crippen molar-refractivity contribution in [2.75, 3.05) is 19.8 Å². The third kappa shape index (κ3) is 4.15. The number of morpholine rings is 1. The molecule has 20 heavy (non-hydrogen) atoms. The van der Waals surface area contributed by atoms with Crippen LogP contribution in [0.5, 0.6) is 0 Å². The average Bonchev–Trinajstić information content (AvgIpc) is 2.86.